The maximum atomic E-state index is 12.6. The van der Waals surface area contributed by atoms with E-state index in [9.17, 15) is 4.79 Å². The number of thiophene rings is 1. The van der Waals surface area contributed by atoms with E-state index in [0.29, 0.717) is 15.7 Å². The summed E-state index contributed by atoms with van der Waals surface area (Å²) >= 11 is 7.09. The number of carbonyl (C=O) groups excluding carboxylic acids is 1. The number of rotatable bonds is 6. The van der Waals surface area contributed by atoms with Crippen molar-refractivity contribution in [1.82, 2.24) is 5.32 Å². The minimum Gasteiger partial charge on any atom is -0.465 e. The lowest BCUT2D eigenvalue weighted by molar-refractivity contribution is 0.0603. The summed E-state index contributed by atoms with van der Waals surface area (Å²) in [6, 6.07) is 18.4. The van der Waals surface area contributed by atoms with Crippen LogP contribution in [0.5, 0.6) is 0 Å². The number of hydrogen-bond donors (Lipinski definition) is 2. The molecule has 0 radical (unpaired) electrons. The zero-order valence-electron chi connectivity index (χ0n) is 17.6. The summed E-state index contributed by atoms with van der Waals surface area (Å²) in [6.07, 6.45) is 0.882. The molecule has 0 saturated heterocycles. The predicted molar refractivity (Wildman–Crippen MR) is 129 cm³/mol. The fourth-order valence-corrected chi connectivity index (χ4v) is 4.78. The molecule has 0 bridgehead atoms. The Bertz CT molecular complexity index is 1030. The predicted octanol–water partition coefficient (Wildman–Crippen LogP) is 6.26. The topological polar surface area (TPSA) is 50.4 Å². The number of hydrogen-bond acceptors (Lipinski definition) is 4. The number of methoxy groups -OCH3 is 1. The highest BCUT2D eigenvalue weighted by Crippen LogP contribution is 2.40. The molecule has 0 spiro atoms. The first-order valence-electron chi connectivity index (χ1n) is 9.85. The van der Waals surface area contributed by atoms with Crippen LogP contribution < -0.4 is 10.6 Å². The van der Waals surface area contributed by atoms with E-state index in [1.807, 2.05) is 37.3 Å². The lowest BCUT2D eigenvalue weighted by atomic mass is 10.0. The number of carbonyl (C=O) groups is 1. The van der Waals surface area contributed by atoms with Crippen molar-refractivity contribution in [3.05, 3.63) is 76.2 Å². The van der Waals surface area contributed by atoms with Crippen molar-refractivity contribution < 1.29 is 9.53 Å². The first kappa shape index (κ1) is 22.0. The third-order valence-electron chi connectivity index (χ3n) is 4.96. The summed E-state index contributed by atoms with van der Waals surface area (Å²) in [4.78, 5) is 13.7. The summed E-state index contributed by atoms with van der Waals surface area (Å²) in [5.74, 6) is -0.380. The smallest absolute Gasteiger partial charge is 0.341 e. The van der Waals surface area contributed by atoms with Gasteiger partial charge in [0.05, 0.1) is 13.2 Å². The van der Waals surface area contributed by atoms with Crippen molar-refractivity contribution in [3.63, 3.8) is 0 Å². The molecule has 1 atom stereocenters. The lowest BCUT2D eigenvalue weighted by Crippen LogP contribution is -2.32. The molecule has 0 fully saturated rings. The molecule has 30 heavy (non-hydrogen) atoms. The number of benzene rings is 2. The Morgan fingerprint density at radius 2 is 1.77 bits per heavy atom. The standard InChI is InChI=1S/C24H26N2O2S2/c1-5-19(17-13-11-15(2)12-14-17)25-24(29)26-22-21(23(27)28-4)20(16(3)30-22)18-9-7-6-8-10-18/h6-14,19H,5H2,1-4H3,(H2,25,26,29). The van der Waals surface area contributed by atoms with Gasteiger partial charge in [0, 0.05) is 10.4 Å². The third-order valence-corrected chi connectivity index (χ3v) is 6.20. The number of nitrogens with one attached hydrogen (secondary N) is 2. The highest BCUT2D eigenvalue weighted by molar-refractivity contribution is 7.80. The van der Waals surface area contributed by atoms with Gasteiger partial charge in [-0.05, 0) is 43.6 Å². The molecule has 3 aromatic rings. The van der Waals surface area contributed by atoms with Gasteiger partial charge in [-0.3, -0.25) is 0 Å². The van der Waals surface area contributed by atoms with E-state index in [2.05, 4.69) is 48.7 Å². The van der Waals surface area contributed by atoms with Crippen LogP contribution in [-0.2, 0) is 4.74 Å². The highest BCUT2D eigenvalue weighted by Gasteiger charge is 2.24. The largest absolute Gasteiger partial charge is 0.465 e. The second-order valence-electron chi connectivity index (χ2n) is 7.06. The molecule has 4 nitrogen and oxygen atoms in total. The van der Waals surface area contributed by atoms with Crippen molar-refractivity contribution in [3.8, 4) is 11.1 Å². The van der Waals surface area contributed by atoms with Crippen molar-refractivity contribution in [2.24, 2.45) is 0 Å². The van der Waals surface area contributed by atoms with Crippen LogP contribution in [0.1, 0.15) is 45.7 Å². The molecule has 3 rings (SSSR count). The molecular formula is C24H26N2O2S2. The fraction of sp³-hybridized carbons (Fsp3) is 0.250. The molecule has 0 amide bonds. The summed E-state index contributed by atoms with van der Waals surface area (Å²) < 4.78 is 5.08. The molecular weight excluding hydrogens is 412 g/mol. The molecule has 1 unspecified atom stereocenters. The number of anilines is 1. The van der Waals surface area contributed by atoms with E-state index < -0.39 is 0 Å². The second kappa shape index (κ2) is 9.87. The van der Waals surface area contributed by atoms with Gasteiger partial charge in [-0.25, -0.2) is 4.79 Å². The lowest BCUT2D eigenvalue weighted by Gasteiger charge is -2.20. The van der Waals surface area contributed by atoms with Crippen molar-refractivity contribution in [2.75, 3.05) is 12.4 Å². The average Bonchev–Trinajstić information content (AvgIpc) is 3.08. The first-order chi connectivity index (χ1) is 14.4. The molecule has 6 heteroatoms. The van der Waals surface area contributed by atoms with E-state index in [1.165, 1.54) is 29.6 Å². The van der Waals surface area contributed by atoms with Crippen LogP contribution in [0, 0.1) is 13.8 Å². The Kier molecular flexibility index (Phi) is 7.24. The van der Waals surface area contributed by atoms with Crippen LogP contribution in [0.4, 0.5) is 5.00 Å². The van der Waals surface area contributed by atoms with Gasteiger partial charge in [0.25, 0.3) is 0 Å². The Balaban J connectivity index is 1.87. The van der Waals surface area contributed by atoms with Gasteiger partial charge in [0.2, 0.25) is 0 Å². The van der Waals surface area contributed by atoms with Crippen LogP contribution in [0.15, 0.2) is 54.6 Å². The monoisotopic (exact) mass is 438 g/mol. The van der Waals surface area contributed by atoms with E-state index in [4.69, 9.17) is 17.0 Å². The van der Waals surface area contributed by atoms with Gasteiger partial charge in [0.1, 0.15) is 10.6 Å². The van der Waals surface area contributed by atoms with Crippen LogP contribution in [0.2, 0.25) is 0 Å². The molecule has 1 aromatic heterocycles. The number of ether oxygens (including phenoxy) is 1. The zero-order chi connectivity index (χ0) is 21.7. The Morgan fingerprint density at radius 3 is 2.37 bits per heavy atom. The Labute approximate surface area is 187 Å². The maximum Gasteiger partial charge on any atom is 0.341 e. The number of aryl methyl sites for hydroxylation is 2. The summed E-state index contributed by atoms with van der Waals surface area (Å²) in [7, 11) is 1.40. The number of thiocarbonyl (C=S) groups is 1. The maximum absolute atomic E-state index is 12.6. The van der Waals surface area contributed by atoms with E-state index in [1.54, 1.807) is 0 Å². The fourth-order valence-electron chi connectivity index (χ4n) is 3.40. The molecule has 0 saturated carbocycles. The summed E-state index contributed by atoms with van der Waals surface area (Å²) in [5.41, 5.74) is 4.76. The second-order valence-corrected chi connectivity index (χ2v) is 8.70. The van der Waals surface area contributed by atoms with Crippen LogP contribution in [-0.4, -0.2) is 18.2 Å². The van der Waals surface area contributed by atoms with Crippen molar-refractivity contribution >= 4 is 39.6 Å². The Morgan fingerprint density at radius 1 is 1.10 bits per heavy atom. The molecule has 0 aliphatic rings. The molecule has 0 aliphatic carbocycles. The van der Waals surface area contributed by atoms with Crippen LogP contribution >= 0.6 is 23.6 Å². The van der Waals surface area contributed by atoms with E-state index in [-0.39, 0.29) is 12.0 Å². The molecule has 2 aromatic carbocycles. The number of esters is 1. The zero-order valence-corrected chi connectivity index (χ0v) is 19.2. The minimum absolute atomic E-state index is 0.0850. The van der Waals surface area contributed by atoms with Gasteiger partial charge in [-0.1, -0.05) is 67.1 Å². The van der Waals surface area contributed by atoms with E-state index >= 15 is 0 Å². The quantitative estimate of drug-likeness (QED) is 0.352. The van der Waals surface area contributed by atoms with Gasteiger partial charge in [-0.15, -0.1) is 11.3 Å². The van der Waals surface area contributed by atoms with Gasteiger partial charge >= 0.3 is 5.97 Å². The van der Waals surface area contributed by atoms with Crippen LogP contribution in [0.3, 0.4) is 0 Å². The van der Waals surface area contributed by atoms with Crippen LogP contribution in [0.25, 0.3) is 11.1 Å². The van der Waals surface area contributed by atoms with Crippen molar-refractivity contribution in [2.45, 2.75) is 33.2 Å². The molecule has 2 N–H and O–H groups in total. The molecule has 1 heterocycles. The van der Waals surface area contributed by atoms with E-state index in [0.717, 1.165) is 22.4 Å². The minimum atomic E-state index is -0.380. The van der Waals surface area contributed by atoms with Gasteiger partial charge < -0.3 is 15.4 Å². The highest BCUT2D eigenvalue weighted by atomic mass is 32.1. The van der Waals surface area contributed by atoms with Gasteiger partial charge in [-0.2, -0.15) is 0 Å². The Hall–Kier alpha value is -2.70. The van der Waals surface area contributed by atoms with Crippen molar-refractivity contribution in [1.29, 1.82) is 0 Å². The van der Waals surface area contributed by atoms with Gasteiger partial charge in [0.15, 0.2) is 5.11 Å². The molecule has 0 aliphatic heterocycles. The summed E-state index contributed by atoms with van der Waals surface area (Å²) in [6.45, 7) is 6.19. The first-order valence-corrected chi connectivity index (χ1v) is 11.1. The summed E-state index contributed by atoms with van der Waals surface area (Å²) in [5, 5.41) is 7.79. The normalized spacial score (nSPS) is 11.6. The molecule has 156 valence electrons. The average molecular weight is 439 g/mol. The SMILES string of the molecule is CCC(NC(=S)Nc1sc(C)c(-c2ccccc2)c1C(=O)OC)c1ccc(C)cc1. The third kappa shape index (κ3) is 4.89.